The number of phenolic OH excluding ortho intramolecular Hbond substituents is 1. The zero-order valence-corrected chi connectivity index (χ0v) is 42.7. The Morgan fingerprint density at radius 1 is 0.588 bits per heavy atom. The minimum absolute atomic E-state index is 0. The molecule has 0 bridgehead atoms. The van der Waals surface area contributed by atoms with Crippen molar-refractivity contribution < 1.29 is 30.6 Å². The first-order valence-corrected chi connectivity index (χ1v) is 23.7. The van der Waals surface area contributed by atoms with Gasteiger partial charge in [0.1, 0.15) is 17.2 Å². The van der Waals surface area contributed by atoms with Crippen LogP contribution in [0.3, 0.4) is 0 Å². The Bertz CT molecular complexity index is 3760. The molecule has 0 saturated heterocycles. The number of para-hydroxylation sites is 2. The van der Waals surface area contributed by atoms with Crippen LogP contribution in [0.25, 0.3) is 105 Å². The van der Waals surface area contributed by atoms with E-state index in [1.54, 1.807) is 0 Å². The number of phenols is 1. The van der Waals surface area contributed by atoms with Crippen LogP contribution in [0.4, 0.5) is 0 Å². The van der Waals surface area contributed by atoms with E-state index in [1.807, 2.05) is 12.1 Å². The summed E-state index contributed by atoms with van der Waals surface area (Å²) in [7, 11) is 0. The molecule has 11 rings (SSSR count). The van der Waals surface area contributed by atoms with Crippen LogP contribution in [-0.2, 0) is 31.9 Å². The molecule has 68 heavy (non-hydrogen) atoms. The minimum atomic E-state index is -0.335. The van der Waals surface area contributed by atoms with Crippen molar-refractivity contribution in [3.8, 4) is 45.2 Å². The van der Waals surface area contributed by atoms with E-state index in [0.29, 0.717) is 11.4 Å². The molecule has 0 aliphatic rings. The van der Waals surface area contributed by atoms with Crippen LogP contribution in [0.5, 0.6) is 5.75 Å². The molecule has 3 aromatic heterocycles. The summed E-state index contributed by atoms with van der Waals surface area (Å²) in [5.41, 5.74) is 14.2. The maximum atomic E-state index is 12.7. The van der Waals surface area contributed by atoms with Gasteiger partial charge in [0.25, 0.3) is 0 Å². The SMILES string of the molecule is CC(C)c1cc(-c2ccccc2)cc(C(C)C)c1-n1c(-c2cc(C(C)(C)C)cc(C(C)(C)C)c2O)nc2c(-c3ccc4c5ccccc5c5c([c-]cc6c7ccccc7oc65)c4n3)cccc21.[Pt]. The first-order chi connectivity index (χ1) is 32.1. The second-order valence-corrected chi connectivity index (χ2v) is 21.1. The summed E-state index contributed by atoms with van der Waals surface area (Å²) in [5, 5.41) is 20.0. The Labute approximate surface area is 413 Å². The molecule has 0 aliphatic heterocycles. The third kappa shape index (κ3) is 7.24. The van der Waals surface area contributed by atoms with Gasteiger partial charge in [-0.3, -0.25) is 9.55 Å². The second kappa shape index (κ2) is 16.6. The summed E-state index contributed by atoms with van der Waals surface area (Å²) >= 11 is 0. The Morgan fingerprint density at radius 3 is 1.93 bits per heavy atom. The van der Waals surface area contributed by atoms with Crippen molar-refractivity contribution in [2.45, 2.75) is 91.9 Å². The zero-order valence-electron chi connectivity index (χ0n) is 40.4. The van der Waals surface area contributed by atoms with Crippen LogP contribution in [0.1, 0.15) is 103 Å². The van der Waals surface area contributed by atoms with Gasteiger partial charge >= 0.3 is 0 Å². The molecular weight excluding hydrogens is 1010 g/mol. The van der Waals surface area contributed by atoms with Gasteiger partial charge in [-0.1, -0.05) is 177 Å². The van der Waals surface area contributed by atoms with Crippen molar-refractivity contribution in [1.29, 1.82) is 0 Å². The number of aromatic nitrogens is 3. The molecule has 342 valence electrons. The number of benzene rings is 8. The monoisotopic (exact) mass is 1070 g/mol. The van der Waals surface area contributed by atoms with Gasteiger partial charge in [0.15, 0.2) is 0 Å². The van der Waals surface area contributed by atoms with E-state index in [4.69, 9.17) is 14.4 Å². The van der Waals surface area contributed by atoms with Crippen molar-refractivity contribution in [3.05, 3.63) is 168 Å². The number of hydrogen-bond acceptors (Lipinski definition) is 4. The first-order valence-electron chi connectivity index (χ1n) is 23.7. The number of hydrogen-bond donors (Lipinski definition) is 1. The third-order valence-electron chi connectivity index (χ3n) is 13.8. The van der Waals surface area contributed by atoms with E-state index < -0.39 is 0 Å². The van der Waals surface area contributed by atoms with Crippen molar-refractivity contribution >= 4 is 65.4 Å². The van der Waals surface area contributed by atoms with E-state index in [1.165, 1.54) is 22.3 Å². The van der Waals surface area contributed by atoms with Crippen molar-refractivity contribution in [1.82, 2.24) is 14.5 Å². The average molecular weight is 1070 g/mol. The Kier molecular flexibility index (Phi) is 11.0. The van der Waals surface area contributed by atoms with Crippen LogP contribution in [0, 0.1) is 6.07 Å². The van der Waals surface area contributed by atoms with Gasteiger partial charge in [-0.05, 0) is 114 Å². The summed E-state index contributed by atoms with van der Waals surface area (Å²) in [6.45, 7) is 22.3. The number of fused-ring (bicyclic) bond motifs is 11. The summed E-state index contributed by atoms with van der Waals surface area (Å²) in [6.07, 6.45) is 0. The number of rotatable bonds is 6. The largest absolute Gasteiger partial charge is 0.507 e. The van der Waals surface area contributed by atoms with Crippen LogP contribution in [0.2, 0.25) is 0 Å². The molecule has 1 N–H and O–H groups in total. The number of aromatic hydroxyl groups is 1. The van der Waals surface area contributed by atoms with Crippen molar-refractivity contribution in [2.75, 3.05) is 0 Å². The molecule has 0 amide bonds. The van der Waals surface area contributed by atoms with Gasteiger partial charge in [0.2, 0.25) is 0 Å². The molecule has 11 aromatic rings. The number of imidazole rings is 1. The van der Waals surface area contributed by atoms with Gasteiger partial charge in [0, 0.05) is 32.2 Å². The van der Waals surface area contributed by atoms with Gasteiger partial charge in [-0.15, -0.1) is 17.5 Å². The molecule has 3 heterocycles. The predicted molar refractivity (Wildman–Crippen MR) is 281 cm³/mol. The minimum Gasteiger partial charge on any atom is -0.507 e. The van der Waals surface area contributed by atoms with Crippen LogP contribution >= 0.6 is 0 Å². The summed E-state index contributed by atoms with van der Waals surface area (Å²) in [5.74, 6) is 1.30. The number of nitrogens with zero attached hydrogens (tertiary/aromatic N) is 3. The maximum absolute atomic E-state index is 12.7. The molecule has 5 nitrogen and oxygen atoms in total. The van der Waals surface area contributed by atoms with Gasteiger partial charge < -0.3 is 9.52 Å². The molecule has 0 spiro atoms. The molecule has 6 heteroatoms. The van der Waals surface area contributed by atoms with Crippen LogP contribution < -0.4 is 0 Å². The fourth-order valence-electron chi connectivity index (χ4n) is 10.3. The molecular formula is C62H56N3O2Pt-. The van der Waals surface area contributed by atoms with E-state index >= 15 is 0 Å². The average Bonchev–Trinajstić information content (AvgIpc) is 3.89. The molecule has 0 fully saturated rings. The zero-order chi connectivity index (χ0) is 46.7. The molecule has 0 unspecified atom stereocenters. The van der Waals surface area contributed by atoms with E-state index in [2.05, 4.69) is 207 Å². The third-order valence-corrected chi connectivity index (χ3v) is 13.8. The topological polar surface area (TPSA) is 64.1 Å². The van der Waals surface area contributed by atoms with E-state index in [9.17, 15) is 5.11 Å². The van der Waals surface area contributed by atoms with Gasteiger partial charge in [-0.2, -0.15) is 0 Å². The number of pyridine rings is 1. The standard InChI is InChI=1S/C62H56N3O2.Pt/c1-35(2)47-31-38(37-19-12-11-13-20-37)32-48(36(3)4)57(47)65-52-25-18-24-45(56(52)64-60(65)49-33-39(61(5,6)7)34-50(58(49)66)62(8,9)10)51-30-29-43-40-21-14-15-23-42(40)54-46(55(43)63-51)28-27-44-41-22-16-17-26-53(41)67-59(44)54;/h11-27,29-36,66H,1-10H3;/q-1;. The predicted octanol–water partition coefficient (Wildman–Crippen LogP) is 17.1. The smallest absolute Gasteiger partial charge is 0.149 e. The van der Waals surface area contributed by atoms with E-state index in [0.717, 1.165) is 93.5 Å². The molecule has 8 aromatic carbocycles. The van der Waals surface area contributed by atoms with Crippen molar-refractivity contribution in [2.24, 2.45) is 0 Å². The second-order valence-electron chi connectivity index (χ2n) is 21.1. The van der Waals surface area contributed by atoms with Gasteiger partial charge in [0.05, 0.1) is 33.6 Å². The fraction of sp³-hybridized carbons (Fsp3) is 0.226. The molecule has 0 aliphatic carbocycles. The normalized spacial score (nSPS) is 12.5. The van der Waals surface area contributed by atoms with Gasteiger partial charge in [-0.25, -0.2) is 4.98 Å². The van der Waals surface area contributed by atoms with Crippen LogP contribution in [0.15, 0.2) is 144 Å². The Hall–Kier alpha value is -6.55. The number of furan rings is 1. The van der Waals surface area contributed by atoms with Crippen LogP contribution in [-0.4, -0.2) is 19.6 Å². The Balaban J connectivity index is 0.00000539. The van der Waals surface area contributed by atoms with Crippen molar-refractivity contribution in [3.63, 3.8) is 0 Å². The quantitative estimate of drug-likeness (QED) is 0.133. The Morgan fingerprint density at radius 2 is 1.25 bits per heavy atom. The molecule has 0 saturated carbocycles. The maximum Gasteiger partial charge on any atom is 0.149 e. The fourth-order valence-corrected chi connectivity index (χ4v) is 10.3. The molecule has 0 radical (unpaired) electrons. The first kappa shape index (κ1) is 45.2. The summed E-state index contributed by atoms with van der Waals surface area (Å²) in [6, 6.07) is 53.1. The summed E-state index contributed by atoms with van der Waals surface area (Å²) in [4.78, 5) is 11.3. The van der Waals surface area contributed by atoms with E-state index in [-0.39, 0.29) is 49.5 Å². The molecule has 0 atom stereocenters. The summed E-state index contributed by atoms with van der Waals surface area (Å²) < 4.78 is 9.02.